The van der Waals surface area contributed by atoms with Crippen LogP contribution in [0.5, 0.6) is 5.75 Å². The lowest BCUT2D eigenvalue weighted by molar-refractivity contribution is -0.119. The molecular formula is C24H27ClN2O4. The lowest BCUT2D eigenvalue weighted by Crippen LogP contribution is -2.23. The number of carbonyl (C=O) groups excluding carboxylic acids is 1. The Kier molecular flexibility index (Phi) is 6.78. The number of hydrogen-bond acceptors (Lipinski definition) is 4. The number of aliphatic hydroxyl groups excluding tert-OH is 1. The molecule has 31 heavy (non-hydrogen) atoms. The molecule has 0 radical (unpaired) electrons. The molecule has 1 aromatic carbocycles. The van der Waals surface area contributed by atoms with Crippen LogP contribution < -0.4 is 15.6 Å². The lowest BCUT2D eigenvalue weighted by atomic mass is 9.98. The van der Waals surface area contributed by atoms with Crippen molar-refractivity contribution in [3.63, 3.8) is 0 Å². The Morgan fingerprint density at radius 2 is 2.00 bits per heavy atom. The monoisotopic (exact) mass is 442 g/mol. The maximum absolute atomic E-state index is 12.6. The summed E-state index contributed by atoms with van der Waals surface area (Å²) < 4.78 is 5.72. The quantitative estimate of drug-likeness (QED) is 0.515. The van der Waals surface area contributed by atoms with Crippen molar-refractivity contribution in [3.05, 3.63) is 68.6 Å². The molecule has 2 heterocycles. The number of amides is 1. The van der Waals surface area contributed by atoms with Gasteiger partial charge in [-0.1, -0.05) is 29.8 Å². The van der Waals surface area contributed by atoms with Crippen molar-refractivity contribution in [1.29, 1.82) is 0 Å². The van der Waals surface area contributed by atoms with Crippen molar-refractivity contribution in [2.75, 3.05) is 13.2 Å². The number of aliphatic hydroxyl groups is 1. The van der Waals surface area contributed by atoms with E-state index < -0.39 is 0 Å². The van der Waals surface area contributed by atoms with Crippen molar-refractivity contribution in [3.8, 4) is 5.75 Å². The van der Waals surface area contributed by atoms with Gasteiger partial charge in [0.2, 0.25) is 5.91 Å². The van der Waals surface area contributed by atoms with E-state index in [2.05, 4.69) is 10.3 Å². The van der Waals surface area contributed by atoms with Crippen LogP contribution in [-0.4, -0.2) is 35.3 Å². The second kappa shape index (κ2) is 9.71. The number of benzene rings is 1. The Morgan fingerprint density at radius 3 is 2.65 bits per heavy atom. The molecule has 0 spiro atoms. The molecule has 6 nitrogen and oxygen atoms in total. The van der Waals surface area contributed by atoms with E-state index in [1.165, 1.54) is 0 Å². The summed E-state index contributed by atoms with van der Waals surface area (Å²) in [4.78, 5) is 27.3. The molecule has 1 amide bonds. The summed E-state index contributed by atoms with van der Waals surface area (Å²) in [5.41, 5.74) is 3.13. The fraction of sp³-hybridized carbons (Fsp3) is 0.417. The summed E-state index contributed by atoms with van der Waals surface area (Å²) in [6, 6.07) is 9.29. The molecule has 0 bridgehead atoms. The fourth-order valence-electron chi connectivity index (χ4n) is 3.84. The van der Waals surface area contributed by atoms with Gasteiger partial charge in [-0.2, -0.15) is 0 Å². The molecule has 1 saturated carbocycles. The maximum atomic E-state index is 12.6. The third-order valence-corrected chi connectivity index (χ3v) is 5.99. The van der Waals surface area contributed by atoms with Gasteiger partial charge in [0.05, 0.1) is 11.6 Å². The van der Waals surface area contributed by atoms with Crippen LogP contribution in [0.1, 0.15) is 61.3 Å². The van der Waals surface area contributed by atoms with E-state index >= 15 is 0 Å². The van der Waals surface area contributed by atoms with Crippen molar-refractivity contribution in [2.45, 2.75) is 50.5 Å². The van der Waals surface area contributed by atoms with Crippen LogP contribution in [-0.2, 0) is 4.79 Å². The molecule has 3 N–H and O–H groups in total. The second-order valence-corrected chi connectivity index (χ2v) is 8.56. The van der Waals surface area contributed by atoms with Gasteiger partial charge < -0.3 is 20.1 Å². The Hall–Kier alpha value is -2.57. The van der Waals surface area contributed by atoms with E-state index in [9.17, 15) is 9.59 Å². The predicted octanol–water partition coefficient (Wildman–Crippen LogP) is 3.77. The smallest absolute Gasteiger partial charge is 0.251 e. The third-order valence-electron chi connectivity index (χ3n) is 5.70. The van der Waals surface area contributed by atoms with Gasteiger partial charge in [0.1, 0.15) is 5.75 Å². The summed E-state index contributed by atoms with van der Waals surface area (Å²) in [6.07, 6.45) is 6.75. The minimum Gasteiger partial charge on any atom is -0.492 e. The largest absolute Gasteiger partial charge is 0.492 e. The summed E-state index contributed by atoms with van der Waals surface area (Å²) in [5, 5.41) is 12.3. The Labute approximate surface area is 186 Å². The van der Waals surface area contributed by atoms with Gasteiger partial charge in [-0.05, 0) is 61.8 Å². The average molecular weight is 443 g/mol. The van der Waals surface area contributed by atoms with Crippen LogP contribution in [0, 0.1) is 0 Å². The van der Waals surface area contributed by atoms with Gasteiger partial charge in [-0.3, -0.25) is 9.59 Å². The number of halogens is 1. The van der Waals surface area contributed by atoms with E-state index in [4.69, 9.17) is 21.4 Å². The Balaban J connectivity index is 1.64. The van der Waals surface area contributed by atoms with E-state index in [0.717, 1.165) is 36.0 Å². The first kappa shape index (κ1) is 21.7. The molecule has 2 aromatic rings. The number of pyridine rings is 1. The molecule has 7 heteroatoms. The lowest BCUT2D eigenvalue weighted by Gasteiger charge is -2.15. The molecule has 0 unspecified atom stereocenters. The number of hydrogen-bond donors (Lipinski definition) is 3. The minimum atomic E-state index is -0.0951. The molecule has 164 valence electrons. The van der Waals surface area contributed by atoms with Crippen LogP contribution in [0.2, 0.25) is 5.02 Å². The molecule has 1 saturated heterocycles. The number of carbonyl (C=O) groups is 1. The number of H-pyrrole nitrogens is 1. The second-order valence-electron chi connectivity index (χ2n) is 8.15. The van der Waals surface area contributed by atoms with Gasteiger partial charge in [0, 0.05) is 35.9 Å². The minimum absolute atomic E-state index is 0.0304. The van der Waals surface area contributed by atoms with Crippen LogP contribution in [0.4, 0.5) is 0 Å². The van der Waals surface area contributed by atoms with Gasteiger partial charge in [-0.25, -0.2) is 0 Å². The van der Waals surface area contributed by atoms with Crippen LogP contribution in [0.25, 0.3) is 5.57 Å². The highest BCUT2D eigenvalue weighted by Crippen LogP contribution is 2.38. The number of aromatic amines is 1. The zero-order valence-corrected chi connectivity index (χ0v) is 18.1. The van der Waals surface area contributed by atoms with E-state index in [0.29, 0.717) is 48.3 Å². The van der Waals surface area contributed by atoms with E-state index in [1.807, 2.05) is 36.4 Å². The Morgan fingerprint density at radius 1 is 1.16 bits per heavy atom. The van der Waals surface area contributed by atoms with Gasteiger partial charge in [0.15, 0.2) is 0 Å². The molecule has 4 rings (SSSR count). The number of aromatic nitrogens is 1. The highest BCUT2D eigenvalue weighted by Gasteiger charge is 2.27. The summed E-state index contributed by atoms with van der Waals surface area (Å²) in [6.45, 7) is 0.617. The standard InChI is InChI=1S/C24H27ClN2O4/c25-20-13-16(5-9-22(20)31-12-2-1-11-28)19(14-17-6-10-23(29)26-17)21-8-7-18(15-3-4-15)24(30)27-21/h5,7-9,13-15,17,28H,1-4,6,10-12H2,(H,26,29)(H,27,30)/t17-/m1/s1. The number of unbranched alkanes of at least 4 members (excludes halogenated alkanes) is 1. The topological polar surface area (TPSA) is 91.4 Å². The van der Waals surface area contributed by atoms with E-state index in [1.54, 1.807) is 0 Å². The molecule has 1 atom stereocenters. The van der Waals surface area contributed by atoms with Crippen molar-refractivity contribution in [2.24, 2.45) is 0 Å². The first-order valence-corrected chi connectivity index (χ1v) is 11.2. The molecule has 1 aromatic heterocycles. The van der Waals surface area contributed by atoms with Crippen molar-refractivity contribution < 1.29 is 14.6 Å². The summed E-state index contributed by atoms with van der Waals surface area (Å²) >= 11 is 6.48. The predicted molar refractivity (Wildman–Crippen MR) is 121 cm³/mol. The number of nitrogens with one attached hydrogen (secondary N) is 2. The first-order valence-electron chi connectivity index (χ1n) is 10.8. The molecule has 1 aliphatic heterocycles. The van der Waals surface area contributed by atoms with E-state index in [-0.39, 0.29) is 24.1 Å². The van der Waals surface area contributed by atoms with Gasteiger partial charge in [-0.15, -0.1) is 0 Å². The zero-order chi connectivity index (χ0) is 21.8. The summed E-state index contributed by atoms with van der Waals surface area (Å²) in [5.74, 6) is 0.980. The third kappa shape index (κ3) is 5.38. The zero-order valence-electron chi connectivity index (χ0n) is 17.3. The molecular weight excluding hydrogens is 416 g/mol. The molecule has 2 fully saturated rings. The highest BCUT2D eigenvalue weighted by atomic mass is 35.5. The van der Waals surface area contributed by atoms with Crippen LogP contribution >= 0.6 is 11.6 Å². The maximum Gasteiger partial charge on any atom is 0.251 e. The SMILES string of the molecule is O=C1CC[C@H](C=C(c2ccc(OCCCCO)c(Cl)c2)c2ccc(C3CC3)c(=O)[nH]2)N1. The van der Waals surface area contributed by atoms with Crippen LogP contribution in [0.3, 0.4) is 0 Å². The van der Waals surface area contributed by atoms with Gasteiger partial charge >= 0.3 is 0 Å². The normalized spacial score (nSPS) is 18.8. The Bertz CT molecular complexity index is 1040. The average Bonchev–Trinajstić information content (AvgIpc) is 3.51. The van der Waals surface area contributed by atoms with Crippen molar-refractivity contribution in [1.82, 2.24) is 10.3 Å². The fourth-order valence-corrected chi connectivity index (χ4v) is 4.08. The first-order chi connectivity index (χ1) is 15.0. The summed E-state index contributed by atoms with van der Waals surface area (Å²) in [7, 11) is 0. The van der Waals surface area contributed by atoms with Crippen molar-refractivity contribution >= 4 is 23.1 Å². The van der Waals surface area contributed by atoms with Crippen LogP contribution in [0.15, 0.2) is 41.2 Å². The molecule has 1 aliphatic carbocycles. The highest BCUT2D eigenvalue weighted by molar-refractivity contribution is 6.32. The number of rotatable bonds is 9. The van der Waals surface area contributed by atoms with Gasteiger partial charge in [0.25, 0.3) is 5.56 Å². The number of ether oxygens (including phenoxy) is 1. The molecule has 2 aliphatic rings.